The summed E-state index contributed by atoms with van der Waals surface area (Å²) in [7, 11) is 5.10. The maximum Gasteiger partial charge on any atom is 0.269 e. The topological polar surface area (TPSA) is 41.6 Å². The highest BCUT2D eigenvalue weighted by molar-refractivity contribution is 5.97. The van der Waals surface area contributed by atoms with Crippen molar-refractivity contribution in [2.24, 2.45) is 0 Å². The highest BCUT2D eigenvalue weighted by atomic mass is 16.5. The van der Waals surface area contributed by atoms with E-state index in [1.165, 1.54) is 0 Å². The SMILES string of the molecule is COc1cc(C)c(C)cc1C(=O)NN(C)C. The molecule has 0 radical (unpaired) electrons. The molecule has 16 heavy (non-hydrogen) atoms. The molecule has 4 nitrogen and oxygen atoms in total. The molecule has 0 heterocycles. The van der Waals surface area contributed by atoms with Crippen LogP contribution in [0.4, 0.5) is 0 Å². The number of nitrogens with one attached hydrogen (secondary N) is 1. The molecule has 88 valence electrons. The maximum atomic E-state index is 11.9. The lowest BCUT2D eigenvalue weighted by molar-refractivity contribution is 0.0853. The van der Waals surface area contributed by atoms with Gasteiger partial charge in [-0.1, -0.05) is 0 Å². The van der Waals surface area contributed by atoms with Crippen LogP contribution in [-0.2, 0) is 0 Å². The van der Waals surface area contributed by atoms with E-state index in [9.17, 15) is 4.79 Å². The predicted octanol–water partition coefficient (Wildman–Crippen LogP) is 1.52. The second-order valence-corrected chi connectivity index (χ2v) is 3.97. The number of rotatable bonds is 3. The zero-order chi connectivity index (χ0) is 12.3. The molecule has 0 saturated carbocycles. The molecule has 0 unspecified atom stereocenters. The standard InChI is InChI=1S/C12H18N2O2/c1-8-6-10(12(15)13-14(3)4)11(16-5)7-9(8)2/h6-7H,1-5H3,(H,13,15). The fourth-order valence-electron chi connectivity index (χ4n) is 1.40. The molecular weight excluding hydrogens is 204 g/mol. The normalized spacial score (nSPS) is 10.4. The Hall–Kier alpha value is -1.55. The number of amides is 1. The lowest BCUT2D eigenvalue weighted by atomic mass is 10.0. The summed E-state index contributed by atoms with van der Waals surface area (Å²) in [6, 6.07) is 3.72. The number of methoxy groups -OCH3 is 1. The van der Waals surface area contributed by atoms with Crippen molar-refractivity contribution >= 4 is 5.91 Å². The molecule has 0 fully saturated rings. The molecule has 0 aliphatic heterocycles. The second-order valence-electron chi connectivity index (χ2n) is 3.97. The molecule has 0 saturated heterocycles. The quantitative estimate of drug-likeness (QED) is 0.788. The van der Waals surface area contributed by atoms with Gasteiger partial charge < -0.3 is 4.74 Å². The van der Waals surface area contributed by atoms with Gasteiger partial charge in [0.15, 0.2) is 0 Å². The molecule has 1 rings (SSSR count). The van der Waals surface area contributed by atoms with Gasteiger partial charge >= 0.3 is 0 Å². The van der Waals surface area contributed by atoms with E-state index < -0.39 is 0 Å². The summed E-state index contributed by atoms with van der Waals surface area (Å²) in [5.74, 6) is 0.437. The smallest absolute Gasteiger partial charge is 0.269 e. The van der Waals surface area contributed by atoms with Crippen molar-refractivity contribution in [2.45, 2.75) is 13.8 Å². The number of hydrogen-bond donors (Lipinski definition) is 1. The molecule has 0 atom stereocenters. The van der Waals surface area contributed by atoms with E-state index in [4.69, 9.17) is 4.74 Å². The van der Waals surface area contributed by atoms with Crippen molar-refractivity contribution in [1.82, 2.24) is 10.4 Å². The van der Waals surface area contributed by atoms with Crippen LogP contribution < -0.4 is 10.2 Å². The molecule has 0 spiro atoms. The Balaban J connectivity index is 3.11. The summed E-state index contributed by atoms with van der Waals surface area (Å²) in [5.41, 5.74) is 5.43. The van der Waals surface area contributed by atoms with E-state index >= 15 is 0 Å². The van der Waals surface area contributed by atoms with E-state index in [-0.39, 0.29) is 5.91 Å². The minimum atomic E-state index is -0.162. The summed E-state index contributed by atoms with van der Waals surface area (Å²) in [6.45, 7) is 3.96. The molecule has 1 N–H and O–H groups in total. The lowest BCUT2D eigenvalue weighted by Gasteiger charge is -2.15. The minimum absolute atomic E-state index is 0.162. The summed E-state index contributed by atoms with van der Waals surface area (Å²) in [6.07, 6.45) is 0. The van der Waals surface area contributed by atoms with Crippen LogP contribution in [0.1, 0.15) is 21.5 Å². The van der Waals surface area contributed by atoms with Crippen LogP contribution in [0.15, 0.2) is 12.1 Å². The van der Waals surface area contributed by atoms with E-state index in [0.717, 1.165) is 11.1 Å². The third kappa shape index (κ3) is 2.73. The summed E-state index contributed by atoms with van der Waals surface area (Å²) < 4.78 is 5.20. The van der Waals surface area contributed by atoms with Gasteiger partial charge in [0.2, 0.25) is 0 Å². The fourth-order valence-corrected chi connectivity index (χ4v) is 1.40. The fraction of sp³-hybridized carbons (Fsp3) is 0.417. The van der Waals surface area contributed by atoms with Crippen LogP contribution >= 0.6 is 0 Å². The summed E-state index contributed by atoms with van der Waals surface area (Å²) in [4.78, 5) is 11.9. The number of nitrogens with zero attached hydrogens (tertiary/aromatic N) is 1. The Morgan fingerprint density at radius 2 is 1.81 bits per heavy atom. The van der Waals surface area contributed by atoms with Gasteiger partial charge in [0.05, 0.1) is 12.7 Å². The maximum absolute atomic E-state index is 11.9. The Bertz CT molecular complexity index is 400. The van der Waals surface area contributed by atoms with E-state index in [1.807, 2.05) is 26.0 Å². The number of hydrogen-bond acceptors (Lipinski definition) is 3. The molecule has 0 bridgehead atoms. The monoisotopic (exact) mass is 222 g/mol. The number of aryl methyl sites for hydroxylation is 2. The average molecular weight is 222 g/mol. The van der Waals surface area contributed by atoms with Gasteiger partial charge in [0, 0.05) is 14.1 Å². The van der Waals surface area contributed by atoms with Gasteiger partial charge in [-0.2, -0.15) is 0 Å². The third-order valence-corrected chi connectivity index (χ3v) is 2.39. The first-order valence-electron chi connectivity index (χ1n) is 5.09. The van der Waals surface area contributed by atoms with E-state index in [1.54, 1.807) is 26.2 Å². The van der Waals surface area contributed by atoms with Crippen LogP contribution in [-0.4, -0.2) is 32.1 Å². The van der Waals surface area contributed by atoms with E-state index in [2.05, 4.69) is 5.43 Å². The first-order chi connectivity index (χ1) is 7.45. The zero-order valence-electron chi connectivity index (χ0n) is 10.4. The van der Waals surface area contributed by atoms with Crippen LogP contribution in [0, 0.1) is 13.8 Å². The zero-order valence-corrected chi connectivity index (χ0v) is 10.4. The van der Waals surface area contributed by atoms with Crippen molar-refractivity contribution < 1.29 is 9.53 Å². The molecule has 4 heteroatoms. The molecule has 0 aliphatic carbocycles. The number of ether oxygens (including phenoxy) is 1. The molecule has 0 aliphatic rings. The van der Waals surface area contributed by atoms with E-state index in [0.29, 0.717) is 11.3 Å². The van der Waals surface area contributed by atoms with Crippen LogP contribution in [0.5, 0.6) is 5.75 Å². The Morgan fingerprint density at radius 3 is 2.31 bits per heavy atom. The van der Waals surface area contributed by atoms with Crippen molar-refractivity contribution in [3.8, 4) is 5.75 Å². The van der Waals surface area contributed by atoms with Gasteiger partial charge in [0.1, 0.15) is 5.75 Å². The van der Waals surface area contributed by atoms with Gasteiger partial charge in [-0.25, -0.2) is 5.01 Å². The number of hydrazine groups is 1. The van der Waals surface area contributed by atoms with Gasteiger partial charge in [-0.05, 0) is 37.1 Å². The van der Waals surface area contributed by atoms with Crippen molar-refractivity contribution in [3.63, 3.8) is 0 Å². The van der Waals surface area contributed by atoms with Gasteiger partial charge in [0.25, 0.3) is 5.91 Å². The lowest BCUT2D eigenvalue weighted by Crippen LogP contribution is -2.36. The average Bonchev–Trinajstić information content (AvgIpc) is 2.20. The molecule has 0 aromatic heterocycles. The highest BCUT2D eigenvalue weighted by Crippen LogP contribution is 2.22. The first-order valence-corrected chi connectivity index (χ1v) is 5.09. The van der Waals surface area contributed by atoms with Crippen LogP contribution in [0.2, 0.25) is 0 Å². The Morgan fingerprint density at radius 1 is 1.25 bits per heavy atom. The predicted molar refractivity (Wildman–Crippen MR) is 63.6 cm³/mol. The van der Waals surface area contributed by atoms with Crippen LogP contribution in [0.3, 0.4) is 0 Å². The number of carbonyl (C=O) groups is 1. The Labute approximate surface area is 96.2 Å². The molecule has 1 amide bonds. The first kappa shape index (κ1) is 12.5. The largest absolute Gasteiger partial charge is 0.496 e. The third-order valence-electron chi connectivity index (χ3n) is 2.39. The minimum Gasteiger partial charge on any atom is -0.496 e. The Kier molecular flexibility index (Phi) is 3.90. The summed E-state index contributed by atoms with van der Waals surface area (Å²) >= 11 is 0. The highest BCUT2D eigenvalue weighted by Gasteiger charge is 2.14. The van der Waals surface area contributed by atoms with Crippen molar-refractivity contribution in [2.75, 3.05) is 21.2 Å². The molecule has 1 aromatic rings. The van der Waals surface area contributed by atoms with Crippen molar-refractivity contribution in [3.05, 3.63) is 28.8 Å². The van der Waals surface area contributed by atoms with Crippen molar-refractivity contribution in [1.29, 1.82) is 0 Å². The number of benzene rings is 1. The van der Waals surface area contributed by atoms with Gasteiger partial charge in [-0.15, -0.1) is 0 Å². The number of carbonyl (C=O) groups excluding carboxylic acids is 1. The van der Waals surface area contributed by atoms with Gasteiger partial charge in [-0.3, -0.25) is 10.2 Å². The summed E-state index contributed by atoms with van der Waals surface area (Å²) in [5, 5.41) is 1.61. The molecule has 1 aromatic carbocycles. The molecular formula is C12H18N2O2. The van der Waals surface area contributed by atoms with Crippen LogP contribution in [0.25, 0.3) is 0 Å². The second kappa shape index (κ2) is 4.99.